The van der Waals surface area contributed by atoms with Crippen molar-refractivity contribution in [2.24, 2.45) is 0 Å². The van der Waals surface area contributed by atoms with E-state index in [2.05, 4.69) is 4.72 Å². The molecule has 0 saturated heterocycles. The summed E-state index contributed by atoms with van der Waals surface area (Å²) in [4.78, 5) is 10.6. The average molecular weight is 453 g/mol. The quantitative estimate of drug-likeness (QED) is 0.380. The zero-order valence-corrected chi connectivity index (χ0v) is 18.6. The molecule has 0 aliphatic rings. The van der Waals surface area contributed by atoms with Crippen LogP contribution in [0.3, 0.4) is 0 Å². The van der Waals surface area contributed by atoms with Gasteiger partial charge in [-0.05, 0) is 48.7 Å². The molecule has 1 N–H and O–H groups in total. The second-order valence-electron chi connectivity index (χ2n) is 7.30. The van der Waals surface area contributed by atoms with Crippen molar-refractivity contribution >= 4 is 21.8 Å². The molecule has 3 aromatic carbocycles. The fourth-order valence-electron chi connectivity index (χ4n) is 3.08. The molecule has 0 radical (unpaired) electrons. The Bertz CT molecular complexity index is 1190. The second kappa shape index (κ2) is 10.2. The van der Waals surface area contributed by atoms with E-state index in [1.54, 1.807) is 49.6 Å². The number of non-ortho nitro benzene ring substituents is 1. The van der Waals surface area contributed by atoms with Crippen LogP contribution in [-0.4, -0.2) is 26.5 Å². The minimum atomic E-state index is -3.76. The number of sulfonamides is 1. The Morgan fingerprint density at radius 3 is 2.19 bits per heavy atom. The predicted molar refractivity (Wildman–Crippen MR) is 124 cm³/mol. The topological polar surface area (TPSA) is 98.5 Å². The van der Waals surface area contributed by atoms with Crippen LogP contribution in [0.1, 0.15) is 16.7 Å². The zero-order chi connectivity index (χ0) is 23.1. The Morgan fingerprint density at radius 2 is 1.62 bits per heavy atom. The fourth-order valence-corrected chi connectivity index (χ4v) is 4.27. The first-order valence-corrected chi connectivity index (χ1v) is 11.4. The summed E-state index contributed by atoms with van der Waals surface area (Å²) in [6, 6.07) is 19.5. The van der Waals surface area contributed by atoms with Crippen LogP contribution in [-0.2, 0) is 16.4 Å². The van der Waals surface area contributed by atoms with Gasteiger partial charge in [-0.15, -0.1) is 0 Å². The molecule has 0 spiro atoms. The Labute approximate surface area is 187 Å². The summed E-state index contributed by atoms with van der Waals surface area (Å²) >= 11 is 0. The second-order valence-corrected chi connectivity index (χ2v) is 9.01. The van der Waals surface area contributed by atoms with Crippen LogP contribution in [0.5, 0.6) is 5.75 Å². The number of ether oxygens (including phenoxy) is 1. The van der Waals surface area contributed by atoms with Crippen molar-refractivity contribution in [1.82, 2.24) is 4.72 Å². The summed E-state index contributed by atoms with van der Waals surface area (Å²) in [6.45, 7) is 1.89. The summed E-state index contributed by atoms with van der Waals surface area (Å²) < 4.78 is 33.8. The highest BCUT2D eigenvalue weighted by atomic mass is 32.2. The Kier molecular flexibility index (Phi) is 7.40. The maximum Gasteiger partial charge on any atom is 0.269 e. The van der Waals surface area contributed by atoms with E-state index in [1.807, 2.05) is 37.3 Å². The normalized spacial score (nSPS) is 12.6. The van der Waals surface area contributed by atoms with Crippen molar-refractivity contribution in [2.45, 2.75) is 24.3 Å². The molecule has 0 bridgehead atoms. The molecule has 0 aliphatic carbocycles. The van der Waals surface area contributed by atoms with Gasteiger partial charge in [-0.2, -0.15) is 0 Å². The maximum absolute atomic E-state index is 12.9. The highest BCUT2D eigenvalue weighted by molar-refractivity contribution is 7.89. The molecule has 8 heteroatoms. The number of hydrogen-bond acceptors (Lipinski definition) is 5. The van der Waals surface area contributed by atoms with Crippen LogP contribution in [0.15, 0.2) is 83.8 Å². The van der Waals surface area contributed by atoms with Crippen LogP contribution in [0, 0.1) is 17.0 Å². The summed E-state index contributed by atoms with van der Waals surface area (Å²) in [5.74, 6) is 0.727. The lowest BCUT2D eigenvalue weighted by Gasteiger charge is -2.16. The number of methoxy groups -OCH3 is 1. The van der Waals surface area contributed by atoms with Gasteiger partial charge in [0.1, 0.15) is 5.75 Å². The highest BCUT2D eigenvalue weighted by Gasteiger charge is 2.19. The number of nitro groups is 1. The van der Waals surface area contributed by atoms with Gasteiger partial charge >= 0.3 is 0 Å². The van der Waals surface area contributed by atoms with Gasteiger partial charge in [0, 0.05) is 18.2 Å². The van der Waals surface area contributed by atoms with Crippen LogP contribution in [0.2, 0.25) is 0 Å². The molecule has 7 nitrogen and oxygen atoms in total. The summed E-state index contributed by atoms with van der Waals surface area (Å²) in [6.07, 6.45) is 3.93. The highest BCUT2D eigenvalue weighted by Crippen LogP contribution is 2.17. The molecule has 3 aromatic rings. The van der Waals surface area contributed by atoms with Gasteiger partial charge in [0.2, 0.25) is 10.0 Å². The Morgan fingerprint density at radius 1 is 1.00 bits per heavy atom. The molecule has 3 rings (SSSR count). The van der Waals surface area contributed by atoms with E-state index in [0.29, 0.717) is 6.42 Å². The van der Waals surface area contributed by atoms with E-state index >= 15 is 0 Å². The minimum Gasteiger partial charge on any atom is -0.497 e. The van der Waals surface area contributed by atoms with E-state index in [9.17, 15) is 18.5 Å². The first kappa shape index (κ1) is 23.2. The summed E-state index contributed by atoms with van der Waals surface area (Å²) in [5.41, 5.74) is 2.60. The van der Waals surface area contributed by atoms with E-state index in [1.165, 1.54) is 12.1 Å². The Balaban J connectivity index is 1.85. The minimum absolute atomic E-state index is 0.0145. The average Bonchev–Trinajstić information content (AvgIpc) is 2.78. The number of aryl methyl sites for hydroxylation is 1. The number of hydrogen-bond donors (Lipinski definition) is 1. The number of nitrogens with one attached hydrogen (secondary N) is 1. The van der Waals surface area contributed by atoms with Gasteiger partial charge in [-0.3, -0.25) is 10.1 Å². The third kappa shape index (κ3) is 6.26. The molecule has 0 saturated carbocycles. The van der Waals surface area contributed by atoms with Crippen molar-refractivity contribution in [2.75, 3.05) is 7.11 Å². The van der Waals surface area contributed by atoms with Gasteiger partial charge in [-0.1, -0.05) is 54.1 Å². The maximum atomic E-state index is 12.9. The largest absolute Gasteiger partial charge is 0.497 e. The first-order chi connectivity index (χ1) is 15.3. The van der Waals surface area contributed by atoms with Gasteiger partial charge in [0.05, 0.1) is 16.9 Å². The molecular weight excluding hydrogens is 428 g/mol. The number of nitro benzene ring substituents is 1. The lowest BCUT2D eigenvalue weighted by molar-refractivity contribution is -0.384. The van der Waals surface area contributed by atoms with Crippen molar-refractivity contribution < 1.29 is 18.1 Å². The number of nitrogens with zero attached hydrogens (tertiary/aromatic N) is 1. The first-order valence-electron chi connectivity index (χ1n) is 9.91. The van der Waals surface area contributed by atoms with Crippen LogP contribution < -0.4 is 9.46 Å². The molecule has 0 aromatic heterocycles. The predicted octanol–water partition coefficient (Wildman–Crippen LogP) is 4.51. The van der Waals surface area contributed by atoms with E-state index < -0.39 is 21.0 Å². The molecule has 0 aliphatic heterocycles. The molecule has 32 heavy (non-hydrogen) atoms. The molecule has 1 atom stereocenters. The third-order valence-corrected chi connectivity index (χ3v) is 6.38. The van der Waals surface area contributed by atoms with Crippen molar-refractivity contribution in [1.29, 1.82) is 0 Å². The van der Waals surface area contributed by atoms with Crippen LogP contribution in [0.25, 0.3) is 6.08 Å². The van der Waals surface area contributed by atoms with Gasteiger partial charge < -0.3 is 4.74 Å². The molecular formula is C24H24N2O5S. The van der Waals surface area contributed by atoms with Crippen LogP contribution >= 0.6 is 0 Å². The Hall–Kier alpha value is -3.49. The van der Waals surface area contributed by atoms with E-state index in [0.717, 1.165) is 22.4 Å². The van der Waals surface area contributed by atoms with Gasteiger partial charge in [0.25, 0.3) is 5.69 Å². The zero-order valence-electron chi connectivity index (χ0n) is 17.8. The fraction of sp³-hybridized carbons (Fsp3) is 0.167. The van der Waals surface area contributed by atoms with E-state index in [-0.39, 0.29) is 10.6 Å². The van der Waals surface area contributed by atoms with Gasteiger partial charge in [0.15, 0.2) is 0 Å². The molecule has 1 unspecified atom stereocenters. The molecule has 0 amide bonds. The lowest BCUT2D eigenvalue weighted by Crippen LogP contribution is -2.35. The molecule has 166 valence electrons. The van der Waals surface area contributed by atoms with E-state index in [4.69, 9.17) is 4.74 Å². The van der Waals surface area contributed by atoms with Gasteiger partial charge in [-0.25, -0.2) is 13.1 Å². The number of rotatable bonds is 9. The monoisotopic (exact) mass is 452 g/mol. The SMILES string of the molecule is COc1ccc(/C=C/C(Cc2ccc([N+](=O)[O-])cc2)NS(=O)(=O)c2ccc(C)cc2)cc1. The standard InChI is InChI=1S/C24H24N2O5S/c1-18-3-15-24(16-4-18)32(29,30)25-21(10-5-19-8-13-23(31-2)14-9-19)17-20-6-11-22(12-7-20)26(27)28/h3-16,21,25H,17H2,1-2H3/b10-5+. The van der Waals surface area contributed by atoms with Crippen LogP contribution in [0.4, 0.5) is 5.69 Å². The summed E-state index contributed by atoms with van der Waals surface area (Å²) in [7, 11) is -2.17. The lowest BCUT2D eigenvalue weighted by atomic mass is 10.0. The third-order valence-electron chi connectivity index (χ3n) is 4.88. The smallest absolute Gasteiger partial charge is 0.269 e. The van der Waals surface area contributed by atoms with Crippen molar-refractivity contribution in [3.8, 4) is 5.75 Å². The van der Waals surface area contributed by atoms with Crippen molar-refractivity contribution in [3.63, 3.8) is 0 Å². The summed E-state index contributed by atoms with van der Waals surface area (Å²) in [5, 5.41) is 10.9. The molecule has 0 heterocycles. The molecule has 0 fully saturated rings. The van der Waals surface area contributed by atoms with Crippen molar-refractivity contribution in [3.05, 3.63) is 106 Å². The number of benzene rings is 3.